The molecular formula is C10H11Cl2N3O3. The Morgan fingerprint density at radius 3 is 2.39 bits per heavy atom. The molecule has 0 heterocycles. The molecule has 0 atom stereocenters. The van der Waals surface area contributed by atoms with Crippen LogP contribution in [-0.2, 0) is 0 Å². The smallest absolute Gasteiger partial charge is 0.319 e. The first-order valence-corrected chi connectivity index (χ1v) is 5.77. The maximum Gasteiger partial charge on any atom is 0.319 e. The van der Waals surface area contributed by atoms with Crippen LogP contribution in [0.3, 0.4) is 0 Å². The van der Waals surface area contributed by atoms with Gasteiger partial charge in [-0.2, -0.15) is 0 Å². The number of hydrogen-bond acceptors (Lipinski definition) is 3. The lowest BCUT2D eigenvalue weighted by Gasteiger charge is -2.10. The summed E-state index contributed by atoms with van der Waals surface area (Å²) in [6.45, 7) is 3.53. The minimum atomic E-state index is -0.646. The average molecular weight is 292 g/mol. The SMILES string of the molecule is CC(C)NC(=O)Nc1cc(Cl)c(Cl)cc1[N+](=O)[O-]. The lowest BCUT2D eigenvalue weighted by Crippen LogP contribution is -2.34. The Balaban J connectivity index is 3.04. The fourth-order valence-electron chi connectivity index (χ4n) is 1.21. The molecule has 1 rings (SSSR count). The fraction of sp³-hybridized carbons (Fsp3) is 0.300. The number of urea groups is 1. The Labute approximate surface area is 113 Å². The van der Waals surface area contributed by atoms with Crippen molar-refractivity contribution in [1.82, 2.24) is 5.32 Å². The zero-order valence-corrected chi connectivity index (χ0v) is 11.2. The first kappa shape index (κ1) is 14.5. The van der Waals surface area contributed by atoms with Gasteiger partial charge in [-0.25, -0.2) is 4.79 Å². The van der Waals surface area contributed by atoms with Gasteiger partial charge in [-0.05, 0) is 19.9 Å². The Bertz CT molecular complexity index is 492. The summed E-state index contributed by atoms with van der Waals surface area (Å²) in [5.41, 5.74) is -0.323. The van der Waals surface area contributed by atoms with E-state index in [1.54, 1.807) is 13.8 Å². The number of nitro groups is 1. The van der Waals surface area contributed by atoms with Crippen LogP contribution in [0.4, 0.5) is 16.2 Å². The number of hydrogen-bond donors (Lipinski definition) is 2. The van der Waals surface area contributed by atoms with Gasteiger partial charge in [0.1, 0.15) is 5.69 Å². The van der Waals surface area contributed by atoms with Crippen molar-refractivity contribution in [3.8, 4) is 0 Å². The van der Waals surface area contributed by atoms with Crippen molar-refractivity contribution in [3.63, 3.8) is 0 Å². The first-order valence-electron chi connectivity index (χ1n) is 5.02. The highest BCUT2D eigenvalue weighted by atomic mass is 35.5. The third-order valence-electron chi connectivity index (χ3n) is 1.90. The first-order chi connectivity index (χ1) is 8.31. The van der Waals surface area contributed by atoms with Gasteiger partial charge in [0, 0.05) is 12.1 Å². The summed E-state index contributed by atoms with van der Waals surface area (Å²) in [5, 5.41) is 15.9. The molecule has 1 aromatic rings. The van der Waals surface area contributed by atoms with Gasteiger partial charge in [0.15, 0.2) is 0 Å². The second-order valence-corrected chi connectivity index (χ2v) is 4.61. The summed E-state index contributed by atoms with van der Waals surface area (Å²) in [6, 6.07) is 1.69. The summed E-state index contributed by atoms with van der Waals surface area (Å²) in [6.07, 6.45) is 0. The number of benzene rings is 1. The zero-order chi connectivity index (χ0) is 13.9. The van der Waals surface area contributed by atoms with Gasteiger partial charge in [-0.15, -0.1) is 0 Å². The van der Waals surface area contributed by atoms with Crippen LogP contribution < -0.4 is 10.6 Å². The monoisotopic (exact) mass is 291 g/mol. The van der Waals surface area contributed by atoms with E-state index in [0.717, 1.165) is 6.07 Å². The van der Waals surface area contributed by atoms with Gasteiger partial charge >= 0.3 is 6.03 Å². The summed E-state index contributed by atoms with van der Waals surface area (Å²) >= 11 is 11.4. The highest BCUT2D eigenvalue weighted by Crippen LogP contribution is 2.33. The van der Waals surface area contributed by atoms with E-state index in [4.69, 9.17) is 23.2 Å². The average Bonchev–Trinajstić information content (AvgIpc) is 2.21. The maximum atomic E-state index is 11.5. The fourth-order valence-corrected chi connectivity index (χ4v) is 1.53. The van der Waals surface area contributed by atoms with Crippen LogP contribution in [-0.4, -0.2) is 17.0 Å². The summed E-state index contributed by atoms with van der Waals surface area (Å²) in [5.74, 6) is 0. The van der Waals surface area contributed by atoms with Gasteiger partial charge in [0.05, 0.1) is 15.0 Å². The van der Waals surface area contributed by atoms with Crippen LogP contribution in [0.1, 0.15) is 13.8 Å². The van der Waals surface area contributed by atoms with Crippen LogP contribution in [0.25, 0.3) is 0 Å². The predicted molar refractivity (Wildman–Crippen MR) is 70.4 cm³/mol. The Morgan fingerprint density at radius 2 is 1.89 bits per heavy atom. The van der Waals surface area contributed by atoms with E-state index < -0.39 is 11.0 Å². The van der Waals surface area contributed by atoms with Gasteiger partial charge in [-0.3, -0.25) is 10.1 Å². The zero-order valence-electron chi connectivity index (χ0n) is 9.66. The van der Waals surface area contributed by atoms with Crippen molar-refractivity contribution in [2.75, 3.05) is 5.32 Å². The van der Waals surface area contributed by atoms with Gasteiger partial charge in [0.2, 0.25) is 0 Å². The molecule has 0 unspecified atom stereocenters. The van der Waals surface area contributed by atoms with E-state index in [0.29, 0.717) is 0 Å². The number of carbonyl (C=O) groups is 1. The number of amides is 2. The molecule has 0 aliphatic rings. The van der Waals surface area contributed by atoms with Crippen molar-refractivity contribution in [2.24, 2.45) is 0 Å². The van der Waals surface area contributed by atoms with Crippen molar-refractivity contribution in [1.29, 1.82) is 0 Å². The number of nitrogens with zero attached hydrogens (tertiary/aromatic N) is 1. The molecule has 8 heteroatoms. The normalized spacial score (nSPS) is 10.3. The van der Waals surface area contributed by atoms with Crippen molar-refractivity contribution >= 4 is 40.6 Å². The highest BCUT2D eigenvalue weighted by Gasteiger charge is 2.18. The lowest BCUT2D eigenvalue weighted by atomic mass is 10.2. The van der Waals surface area contributed by atoms with E-state index >= 15 is 0 Å². The van der Waals surface area contributed by atoms with Gasteiger partial charge in [0.25, 0.3) is 5.69 Å². The Morgan fingerprint density at radius 1 is 1.33 bits per heavy atom. The third-order valence-corrected chi connectivity index (χ3v) is 2.63. The Kier molecular flexibility index (Phi) is 4.75. The van der Waals surface area contributed by atoms with Crippen LogP contribution in [0.2, 0.25) is 10.0 Å². The van der Waals surface area contributed by atoms with E-state index in [-0.39, 0.29) is 27.5 Å². The summed E-state index contributed by atoms with van der Waals surface area (Å²) < 4.78 is 0. The van der Waals surface area contributed by atoms with E-state index in [2.05, 4.69) is 10.6 Å². The molecule has 2 amide bonds. The van der Waals surface area contributed by atoms with Gasteiger partial charge < -0.3 is 10.6 Å². The molecule has 0 spiro atoms. The van der Waals surface area contributed by atoms with E-state index in [9.17, 15) is 14.9 Å². The van der Waals surface area contributed by atoms with Crippen LogP contribution in [0.5, 0.6) is 0 Å². The molecule has 0 radical (unpaired) electrons. The van der Waals surface area contributed by atoms with Crippen molar-refractivity contribution in [2.45, 2.75) is 19.9 Å². The molecule has 6 nitrogen and oxygen atoms in total. The quantitative estimate of drug-likeness (QED) is 0.661. The molecule has 1 aromatic carbocycles. The van der Waals surface area contributed by atoms with Crippen LogP contribution in [0, 0.1) is 10.1 Å². The number of halogens is 2. The molecule has 0 fully saturated rings. The number of nitrogens with one attached hydrogen (secondary N) is 2. The largest absolute Gasteiger partial charge is 0.336 e. The number of nitro benzene ring substituents is 1. The predicted octanol–water partition coefficient (Wildman–Crippen LogP) is 3.43. The molecular weight excluding hydrogens is 281 g/mol. The number of anilines is 1. The molecule has 2 N–H and O–H groups in total. The second kappa shape index (κ2) is 5.88. The Hall–Kier alpha value is -1.53. The molecule has 98 valence electrons. The van der Waals surface area contributed by atoms with Crippen LogP contribution in [0.15, 0.2) is 12.1 Å². The van der Waals surface area contributed by atoms with Crippen LogP contribution >= 0.6 is 23.2 Å². The van der Waals surface area contributed by atoms with Crippen molar-refractivity contribution < 1.29 is 9.72 Å². The number of carbonyl (C=O) groups excluding carboxylic acids is 1. The molecule has 18 heavy (non-hydrogen) atoms. The minimum absolute atomic E-state index is 0.00690. The third kappa shape index (κ3) is 3.75. The molecule has 0 saturated carbocycles. The standard InChI is InChI=1S/C10H11Cl2N3O3/c1-5(2)13-10(16)14-8-3-6(11)7(12)4-9(8)15(17)18/h3-5H,1-2H3,(H2,13,14,16). The van der Waals surface area contributed by atoms with E-state index in [1.807, 2.05) is 0 Å². The summed E-state index contributed by atoms with van der Waals surface area (Å²) in [7, 11) is 0. The highest BCUT2D eigenvalue weighted by molar-refractivity contribution is 6.42. The minimum Gasteiger partial charge on any atom is -0.336 e. The molecule has 0 aromatic heterocycles. The molecule has 0 aliphatic carbocycles. The van der Waals surface area contributed by atoms with E-state index in [1.165, 1.54) is 6.07 Å². The summed E-state index contributed by atoms with van der Waals surface area (Å²) in [4.78, 5) is 21.6. The molecule has 0 saturated heterocycles. The maximum absolute atomic E-state index is 11.5. The molecule has 0 bridgehead atoms. The number of rotatable bonds is 3. The van der Waals surface area contributed by atoms with Gasteiger partial charge in [-0.1, -0.05) is 23.2 Å². The molecule has 0 aliphatic heterocycles. The topological polar surface area (TPSA) is 84.3 Å². The second-order valence-electron chi connectivity index (χ2n) is 3.79. The van der Waals surface area contributed by atoms with Crippen molar-refractivity contribution in [3.05, 3.63) is 32.3 Å². The lowest BCUT2D eigenvalue weighted by molar-refractivity contribution is -0.383.